The lowest BCUT2D eigenvalue weighted by Crippen LogP contribution is -2.14. The van der Waals surface area contributed by atoms with Crippen LogP contribution in [0, 0.1) is 5.95 Å². The quantitative estimate of drug-likeness (QED) is 0.496. The first-order chi connectivity index (χ1) is 13.0. The Morgan fingerprint density at radius 3 is 2.79 bits per heavy atom. The molecule has 0 radical (unpaired) electrons. The minimum absolute atomic E-state index is 0. The van der Waals surface area contributed by atoms with Crippen LogP contribution in [0.3, 0.4) is 0 Å². The molecule has 9 heteroatoms. The topological polar surface area (TPSA) is 77.1 Å². The van der Waals surface area contributed by atoms with Gasteiger partial charge in [-0.05, 0) is 49.0 Å². The maximum atomic E-state index is 14.3. The van der Waals surface area contributed by atoms with E-state index in [1.165, 1.54) is 30.8 Å². The van der Waals surface area contributed by atoms with Gasteiger partial charge >= 0.3 is 0 Å². The molecule has 0 bridgehead atoms. The van der Waals surface area contributed by atoms with Gasteiger partial charge in [-0.1, -0.05) is 6.07 Å². The van der Waals surface area contributed by atoms with Gasteiger partial charge < -0.3 is 9.73 Å². The van der Waals surface area contributed by atoms with Crippen molar-refractivity contribution in [2.24, 2.45) is 0 Å². The first-order valence-electron chi connectivity index (χ1n) is 8.21. The van der Waals surface area contributed by atoms with Crippen LogP contribution < -0.4 is 5.32 Å². The zero-order chi connectivity index (χ0) is 19.0. The Kier molecular flexibility index (Phi) is 5.55. The average molecular weight is 422 g/mol. The number of rotatable bonds is 5. The Hall–Kier alpha value is -2.68. The number of aromatic nitrogens is 2. The summed E-state index contributed by atoms with van der Waals surface area (Å²) in [4.78, 5) is 3.73. The van der Waals surface area contributed by atoms with E-state index in [0.717, 1.165) is 3.97 Å². The minimum Gasteiger partial charge on any atom is -0.464 e. The predicted molar refractivity (Wildman–Crippen MR) is 106 cm³/mol. The number of nitrogens with one attached hydrogen (secondary N) is 1. The summed E-state index contributed by atoms with van der Waals surface area (Å²) in [5.74, 6) is -0.732. The molecule has 1 N–H and O–H groups in total. The summed E-state index contributed by atoms with van der Waals surface area (Å²) in [5.41, 5.74) is 1.50. The monoisotopic (exact) mass is 421 g/mol. The maximum absolute atomic E-state index is 14.3. The lowest BCUT2D eigenvalue weighted by atomic mass is 10.2. The van der Waals surface area contributed by atoms with Crippen molar-refractivity contribution in [3.8, 4) is 11.3 Å². The zero-order valence-corrected chi connectivity index (χ0v) is 16.4. The summed E-state index contributed by atoms with van der Waals surface area (Å²) >= 11 is 0. The van der Waals surface area contributed by atoms with Gasteiger partial charge in [-0.25, -0.2) is 17.4 Å². The largest absolute Gasteiger partial charge is 0.464 e. The van der Waals surface area contributed by atoms with E-state index in [1.807, 2.05) is 0 Å². The molecule has 0 aliphatic rings. The summed E-state index contributed by atoms with van der Waals surface area (Å²) in [6, 6.07) is 11.1. The highest BCUT2D eigenvalue weighted by Gasteiger charge is 2.25. The molecule has 3 aromatic heterocycles. The molecular formula is C19H17ClFN3O3S. The van der Waals surface area contributed by atoms with Crippen molar-refractivity contribution in [3.05, 3.63) is 72.6 Å². The second-order valence-electron chi connectivity index (χ2n) is 6.00. The van der Waals surface area contributed by atoms with E-state index in [-0.39, 0.29) is 28.6 Å². The summed E-state index contributed by atoms with van der Waals surface area (Å²) in [6.07, 6.45) is 4.25. The van der Waals surface area contributed by atoms with Crippen LogP contribution in [-0.2, 0) is 16.6 Å². The van der Waals surface area contributed by atoms with Crippen LogP contribution in [0.4, 0.5) is 4.39 Å². The third kappa shape index (κ3) is 3.30. The Morgan fingerprint density at radius 1 is 1.21 bits per heavy atom. The Morgan fingerprint density at radius 2 is 2.04 bits per heavy atom. The highest BCUT2D eigenvalue weighted by atomic mass is 35.5. The molecule has 1 aromatic carbocycles. The van der Waals surface area contributed by atoms with Crippen molar-refractivity contribution < 1.29 is 17.2 Å². The molecule has 0 atom stereocenters. The molecule has 4 rings (SSSR count). The van der Waals surface area contributed by atoms with Gasteiger partial charge in [0, 0.05) is 24.3 Å². The van der Waals surface area contributed by atoms with Crippen molar-refractivity contribution in [2.45, 2.75) is 11.4 Å². The number of fused-ring (bicyclic) bond motifs is 1. The van der Waals surface area contributed by atoms with E-state index in [1.54, 1.807) is 37.4 Å². The SMILES string of the molecule is CNCc1cc(-c2cccnc2F)n(S(=O)(=O)c2cccc3occc23)c1.Cl. The third-order valence-electron chi connectivity index (χ3n) is 4.25. The molecule has 0 saturated carbocycles. The smallest absolute Gasteiger partial charge is 0.268 e. The number of nitrogens with zero attached hydrogens (tertiary/aromatic N) is 2. The molecule has 3 heterocycles. The van der Waals surface area contributed by atoms with Crippen LogP contribution in [0.1, 0.15) is 5.56 Å². The molecule has 0 aliphatic carbocycles. The van der Waals surface area contributed by atoms with Gasteiger partial charge in [0.15, 0.2) is 0 Å². The minimum atomic E-state index is -3.99. The fourth-order valence-electron chi connectivity index (χ4n) is 3.07. The number of halogens is 2. The molecule has 0 unspecified atom stereocenters. The molecular weight excluding hydrogens is 405 g/mol. The Balaban J connectivity index is 0.00000225. The second kappa shape index (κ2) is 7.75. The van der Waals surface area contributed by atoms with E-state index in [0.29, 0.717) is 23.1 Å². The van der Waals surface area contributed by atoms with Gasteiger partial charge in [0.25, 0.3) is 10.0 Å². The van der Waals surface area contributed by atoms with E-state index >= 15 is 0 Å². The highest BCUT2D eigenvalue weighted by Crippen LogP contribution is 2.31. The fraction of sp³-hybridized carbons (Fsp3) is 0.105. The first-order valence-corrected chi connectivity index (χ1v) is 9.65. The van der Waals surface area contributed by atoms with Crippen LogP contribution in [0.25, 0.3) is 22.2 Å². The molecule has 6 nitrogen and oxygen atoms in total. The summed E-state index contributed by atoms with van der Waals surface area (Å²) < 4.78 is 47.6. The molecule has 0 saturated heterocycles. The number of benzene rings is 1. The number of pyridine rings is 1. The van der Waals surface area contributed by atoms with Crippen molar-refractivity contribution in [1.29, 1.82) is 0 Å². The first kappa shape index (κ1) is 20.1. The van der Waals surface area contributed by atoms with Crippen LogP contribution in [0.2, 0.25) is 0 Å². The summed E-state index contributed by atoms with van der Waals surface area (Å²) in [6.45, 7) is 0.438. The van der Waals surface area contributed by atoms with Gasteiger partial charge in [-0.3, -0.25) is 0 Å². The van der Waals surface area contributed by atoms with E-state index in [4.69, 9.17) is 4.42 Å². The van der Waals surface area contributed by atoms with E-state index < -0.39 is 16.0 Å². The molecule has 0 fully saturated rings. The van der Waals surface area contributed by atoms with E-state index in [2.05, 4.69) is 10.3 Å². The molecule has 146 valence electrons. The van der Waals surface area contributed by atoms with Gasteiger partial charge in [-0.2, -0.15) is 4.39 Å². The molecule has 0 amide bonds. The van der Waals surface area contributed by atoms with E-state index in [9.17, 15) is 12.8 Å². The standard InChI is InChI=1S/C19H16FN3O3S.ClH/c1-21-11-13-10-16(14-4-3-8-22-19(14)20)23(12-13)27(24,25)18-6-2-5-17-15(18)7-9-26-17;/h2-10,12,21H,11H2,1H3;1H. The summed E-state index contributed by atoms with van der Waals surface area (Å²) in [7, 11) is -2.24. The van der Waals surface area contributed by atoms with Gasteiger partial charge in [-0.15, -0.1) is 12.4 Å². The third-order valence-corrected chi connectivity index (χ3v) is 5.98. The number of furan rings is 1. The van der Waals surface area contributed by atoms with Crippen molar-refractivity contribution >= 4 is 33.4 Å². The normalized spacial score (nSPS) is 11.5. The van der Waals surface area contributed by atoms with Gasteiger partial charge in [0.2, 0.25) is 5.95 Å². The summed E-state index contributed by atoms with van der Waals surface area (Å²) in [5, 5.41) is 3.45. The Bertz CT molecular complexity index is 1230. The maximum Gasteiger partial charge on any atom is 0.268 e. The van der Waals surface area contributed by atoms with Crippen molar-refractivity contribution in [3.63, 3.8) is 0 Å². The van der Waals surface area contributed by atoms with Crippen LogP contribution in [0.5, 0.6) is 0 Å². The second-order valence-corrected chi connectivity index (χ2v) is 7.78. The van der Waals surface area contributed by atoms with Crippen LogP contribution in [0.15, 0.2) is 70.4 Å². The predicted octanol–water partition coefficient (Wildman–Crippen LogP) is 3.81. The average Bonchev–Trinajstić information content (AvgIpc) is 3.29. The van der Waals surface area contributed by atoms with Crippen molar-refractivity contribution in [2.75, 3.05) is 7.05 Å². The van der Waals surface area contributed by atoms with Gasteiger partial charge in [0.05, 0.1) is 22.4 Å². The van der Waals surface area contributed by atoms with Gasteiger partial charge in [0.1, 0.15) is 5.58 Å². The fourth-order valence-corrected chi connectivity index (χ4v) is 4.66. The molecule has 0 aliphatic heterocycles. The molecule has 4 aromatic rings. The highest BCUT2D eigenvalue weighted by molar-refractivity contribution is 7.90. The van der Waals surface area contributed by atoms with Crippen molar-refractivity contribution in [1.82, 2.24) is 14.3 Å². The zero-order valence-electron chi connectivity index (χ0n) is 14.8. The number of hydrogen-bond donors (Lipinski definition) is 1. The lowest BCUT2D eigenvalue weighted by Gasteiger charge is -2.11. The number of hydrogen-bond acceptors (Lipinski definition) is 5. The molecule has 0 spiro atoms. The Labute approximate surface area is 167 Å². The van der Waals surface area contributed by atoms with Crippen LogP contribution >= 0.6 is 12.4 Å². The van der Waals surface area contributed by atoms with Crippen LogP contribution in [-0.4, -0.2) is 24.4 Å². The molecule has 28 heavy (non-hydrogen) atoms. The lowest BCUT2D eigenvalue weighted by molar-refractivity contribution is 0.583.